The summed E-state index contributed by atoms with van der Waals surface area (Å²) < 4.78 is 1.04. The van der Waals surface area contributed by atoms with Gasteiger partial charge in [0.15, 0.2) is 5.78 Å². The fraction of sp³-hybridized carbons (Fsp3) is 0. The molecule has 4 aromatic rings. The van der Waals surface area contributed by atoms with E-state index in [9.17, 15) is 4.79 Å². The van der Waals surface area contributed by atoms with Gasteiger partial charge >= 0.3 is 0 Å². The van der Waals surface area contributed by atoms with E-state index in [1.54, 1.807) is 0 Å². The molecule has 120 valence electrons. The fourth-order valence-electron chi connectivity index (χ4n) is 3.05. The molecule has 0 saturated carbocycles. The maximum atomic E-state index is 13.1. The summed E-state index contributed by atoms with van der Waals surface area (Å²) in [4.78, 5) is 13.1. The third kappa shape index (κ3) is 3.13. The van der Waals surface area contributed by atoms with Crippen LogP contribution in [0.2, 0.25) is 0 Å². The van der Waals surface area contributed by atoms with Crippen LogP contribution in [0, 0.1) is 0 Å². The van der Waals surface area contributed by atoms with E-state index in [0.29, 0.717) is 5.56 Å². The Hall–Kier alpha value is -2.71. The summed E-state index contributed by atoms with van der Waals surface area (Å²) in [5, 5.41) is 2.06. The van der Waals surface area contributed by atoms with Gasteiger partial charge in [-0.1, -0.05) is 82.7 Å². The first-order valence-corrected chi connectivity index (χ1v) is 8.90. The van der Waals surface area contributed by atoms with Crippen molar-refractivity contribution >= 4 is 32.5 Å². The van der Waals surface area contributed by atoms with E-state index in [1.165, 1.54) is 0 Å². The average Bonchev–Trinajstić information content (AvgIpc) is 2.68. The summed E-state index contributed by atoms with van der Waals surface area (Å²) in [5.74, 6) is 0.0516. The molecule has 0 fully saturated rings. The maximum absolute atomic E-state index is 13.1. The molecule has 0 amide bonds. The molecule has 0 heterocycles. The van der Waals surface area contributed by atoms with Crippen molar-refractivity contribution in [3.05, 3.63) is 107 Å². The van der Waals surface area contributed by atoms with Crippen LogP contribution in [0.1, 0.15) is 15.9 Å². The Kier molecular flexibility index (Phi) is 4.21. The van der Waals surface area contributed by atoms with Crippen LogP contribution in [-0.2, 0) is 0 Å². The van der Waals surface area contributed by atoms with Crippen LogP contribution in [0.25, 0.3) is 21.9 Å². The van der Waals surface area contributed by atoms with Gasteiger partial charge < -0.3 is 0 Å². The van der Waals surface area contributed by atoms with Crippen molar-refractivity contribution in [1.82, 2.24) is 0 Å². The van der Waals surface area contributed by atoms with Gasteiger partial charge in [0.2, 0.25) is 0 Å². The molecule has 0 aliphatic rings. The van der Waals surface area contributed by atoms with Crippen molar-refractivity contribution in [1.29, 1.82) is 0 Å². The predicted octanol–water partition coefficient (Wildman–Crippen LogP) is 6.50. The van der Waals surface area contributed by atoms with Gasteiger partial charge in [-0.25, -0.2) is 0 Å². The minimum absolute atomic E-state index is 0.0516. The highest BCUT2D eigenvalue weighted by atomic mass is 79.9. The smallest absolute Gasteiger partial charge is 0.193 e. The first kappa shape index (κ1) is 15.8. The number of hydrogen-bond acceptors (Lipinski definition) is 1. The zero-order chi connectivity index (χ0) is 17.2. The standard InChI is InChI=1S/C23H15BrO/c24-20-12-10-16(11-13-20)19-14-18-8-4-5-9-21(18)22(15-19)23(25)17-6-2-1-3-7-17/h1-15H. The Bertz CT molecular complexity index is 1050. The molecule has 0 atom stereocenters. The molecule has 0 aliphatic carbocycles. The maximum Gasteiger partial charge on any atom is 0.193 e. The highest BCUT2D eigenvalue weighted by Gasteiger charge is 2.14. The average molecular weight is 387 g/mol. The van der Waals surface area contributed by atoms with Gasteiger partial charge in [-0.15, -0.1) is 0 Å². The van der Waals surface area contributed by atoms with Crippen molar-refractivity contribution < 1.29 is 4.79 Å². The van der Waals surface area contributed by atoms with Gasteiger partial charge in [0, 0.05) is 15.6 Å². The topological polar surface area (TPSA) is 17.1 Å². The summed E-state index contributed by atoms with van der Waals surface area (Å²) in [6.07, 6.45) is 0. The van der Waals surface area contributed by atoms with Crippen molar-refractivity contribution in [3.8, 4) is 11.1 Å². The van der Waals surface area contributed by atoms with Crippen LogP contribution in [-0.4, -0.2) is 5.78 Å². The quantitative estimate of drug-likeness (QED) is 0.367. The van der Waals surface area contributed by atoms with E-state index in [-0.39, 0.29) is 5.78 Å². The van der Waals surface area contributed by atoms with Gasteiger partial charge in [-0.05, 0) is 46.2 Å². The molecule has 1 nitrogen and oxygen atoms in total. The first-order valence-electron chi connectivity index (χ1n) is 8.11. The molecule has 4 rings (SSSR count). The van der Waals surface area contributed by atoms with Gasteiger partial charge in [-0.2, -0.15) is 0 Å². The highest BCUT2D eigenvalue weighted by Crippen LogP contribution is 2.30. The molecule has 25 heavy (non-hydrogen) atoms. The molecule has 4 aromatic carbocycles. The Morgan fingerprint density at radius 1 is 0.680 bits per heavy atom. The molecule has 0 aliphatic heterocycles. The molecular weight excluding hydrogens is 372 g/mol. The molecule has 0 unspecified atom stereocenters. The summed E-state index contributed by atoms with van der Waals surface area (Å²) in [6.45, 7) is 0. The van der Waals surface area contributed by atoms with E-state index in [2.05, 4.69) is 40.2 Å². The number of carbonyl (C=O) groups is 1. The third-order valence-corrected chi connectivity index (χ3v) is 4.85. The molecule has 0 aromatic heterocycles. The van der Waals surface area contributed by atoms with Crippen molar-refractivity contribution in [2.45, 2.75) is 0 Å². The predicted molar refractivity (Wildman–Crippen MR) is 107 cm³/mol. The highest BCUT2D eigenvalue weighted by molar-refractivity contribution is 9.10. The number of rotatable bonds is 3. The van der Waals surface area contributed by atoms with E-state index in [1.807, 2.05) is 66.7 Å². The zero-order valence-corrected chi connectivity index (χ0v) is 15.0. The summed E-state index contributed by atoms with van der Waals surface area (Å²) in [6, 6.07) is 29.8. The SMILES string of the molecule is O=C(c1ccccc1)c1cc(-c2ccc(Br)cc2)cc2ccccc12. The molecule has 0 radical (unpaired) electrons. The molecule has 0 spiro atoms. The number of fused-ring (bicyclic) bond motifs is 1. The third-order valence-electron chi connectivity index (χ3n) is 4.32. The van der Waals surface area contributed by atoms with Gasteiger partial charge in [0.1, 0.15) is 0 Å². The van der Waals surface area contributed by atoms with Crippen molar-refractivity contribution in [3.63, 3.8) is 0 Å². The molecule has 0 bridgehead atoms. The van der Waals surface area contributed by atoms with Gasteiger partial charge in [0.05, 0.1) is 0 Å². The first-order chi connectivity index (χ1) is 12.2. The van der Waals surface area contributed by atoms with Gasteiger partial charge in [-0.3, -0.25) is 4.79 Å². The molecule has 0 N–H and O–H groups in total. The largest absolute Gasteiger partial charge is 0.289 e. The van der Waals surface area contributed by atoms with E-state index in [4.69, 9.17) is 0 Å². The van der Waals surface area contributed by atoms with Gasteiger partial charge in [0.25, 0.3) is 0 Å². The lowest BCUT2D eigenvalue weighted by Crippen LogP contribution is -2.02. The second kappa shape index (κ2) is 6.66. The van der Waals surface area contributed by atoms with Crippen LogP contribution in [0.15, 0.2) is 95.5 Å². The Morgan fingerprint density at radius 2 is 1.36 bits per heavy atom. The van der Waals surface area contributed by atoms with Crippen LogP contribution < -0.4 is 0 Å². The van der Waals surface area contributed by atoms with E-state index >= 15 is 0 Å². The fourth-order valence-corrected chi connectivity index (χ4v) is 3.32. The van der Waals surface area contributed by atoms with E-state index in [0.717, 1.165) is 31.9 Å². The lowest BCUT2D eigenvalue weighted by atomic mass is 9.92. The normalized spacial score (nSPS) is 10.8. The number of carbonyl (C=O) groups excluding carboxylic acids is 1. The van der Waals surface area contributed by atoms with Crippen molar-refractivity contribution in [2.24, 2.45) is 0 Å². The lowest BCUT2D eigenvalue weighted by molar-refractivity contribution is 0.104. The van der Waals surface area contributed by atoms with Crippen LogP contribution in [0.4, 0.5) is 0 Å². The zero-order valence-electron chi connectivity index (χ0n) is 13.4. The minimum atomic E-state index is 0.0516. The Balaban J connectivity index is 1.93. The summed E-state index contributed by atoms with van der Waals surface area (Å²) >= 11 is 3.47. The Morgan fingerprint density at radius 3 is 2.12 bits per heavy atom. The van der Waals surface area contributed by atoms with Crippen LogP contribution >= 0.6 is 15.9 Å². The number of ketones is 1. The van der Waals surface area contributed by atoms with Crippen LogP contribution in [0.3, 0.4) is 0 Å². The van der Waals surface area contributed by atoms with Crippen LogP contribution in [0.5, 0.6) is 0 Å². The van der Waals surface area contributed by atoms with Crippen molar-refractivity contribution in [2.75, 3.05) is 0 Å². The Labute approximate surface area is 155 Å². The lowest BCUT2D eigenvalue weighted by Gasteiger charge is -2.10. The molecule has 2 heteroatoms. The number of hydrogen-bond donors (Lipinski definition) is 0. The van der Waals surface area contributed by atoms with E-state index < -0.39 is 0 Å². The summed E-state index contributed by atoms with van der Waals surface area (Å²) in [7, 11) is 0. The minimum Gasteiger partial charge on any atom is -0.289 e. The number of benzene rings is 4. The monoisotopic (exact) mass is 386 g/mol. The number of halogens is 1. The molecular formula is C23H15BrO. The summed E-state index contributed by atoms with van der Waals surface area (Å²) in [5.41, 5.74) is 3.59. The molecule has 0 saturated heterocycles. The second-order valence-corrected chi connectivity index (χ2v) is 6.86. The second-order valence-electron chi connectivity index (χ2n) is 5.95.